The highest BCUT2D eigenvalue weighted by atomic mass is 16.3. The van der Waals surface area contributed by atoms with Gasteiger partial charge in [0.2, 0.25) is 0 Å². The molecule has 114 valence electrons. The van der Waals surface area contributed by atoms with Gasteiger partial charge in [0, 0.05) is 17.8 Å². The van der Waals surface area contributed by atoms with Crippen LogP contribution in [0.5, 0.6) is 0 Å². The van der Waals surface area contributed by atoms with Crippen molar-refractivity contribution in [3.05, 3.63) is 29.8 Å². The highest BCUT2D eigenvalue weighted by Crippen LogP contribution is 2.22. The van der Waals surface area contributed by atoms with Crippen LogP contribution in [0.2, 0.25) is 0 Å². The van der Waals surface area contributed by atoms with Gasteiger partial charge in [0.05, 0.1) is 0 Å². The van der Waals surface area contributed by atoms with Crippen LogP contribution in [0.25, 0.3) is 0 Å². The lowest BCUT2D eigenvalue weighted by atomic mass is 9.97. The molecular formula is C17H30N2O. The zero-order valence-corrected chi connectivity index (χ0v) is 13.2. The third kappa shape index (κ3) is 5.14. The molecular weight excluding hydrogens is 248 g/mol. The van der Waals surface area contributed by atoms with Crippen molar-refractivity contribution >= 4 is 5.69 Å². The van der Waals surface area contributed by atoms with Crippen molar-refractivity contribution in [1.29, 1.82) is 0 Å². The molecule has 1 rings (SSSR count). The van der Waals surface area contributed by atoms with Crippen molar-refractivity contribution in [3.8, 4) is 0 Å². The maximum atomic E-state index is 10.1. The molecule has 0 aliphatic heterocycles. The molecule has 0 spiro atoms. The van der Waals surface area contributed by atoms with E-state index in [1.165, 1.54) is 25.7 Å². The van der Waals surface area contributed by atoms with Crippen LogP contribution in [0.3, 0.4) is 0 Å². The summed E-state index contributed by atoms with van der Waals surface area (Å²) < 4.78 is 0. The lowest BCUT2D eigenvalue weighted by Gasteiger charge is -2.23. The number of aliphatic hydroxyl groups is 1. The minimum absolute atomic E-state index is 0.505. The molecule has 0 saturated heterocycles. The summed E-state index contributed by atoms with van der Waals surface area (Å²) in [5.74, 6) is 0.719. The van der Waals surface area contributed by atoms with Crippen LogP contribution >= 0.6 is 0 Å². The number of nitrogens with two attached hydrogens (primary N) is 1. The first-order valence-electron chi connectivity index (χ1n) is 7.89. The predicted octanol–water partition coefficient (Wildman–Crippen LogP) is 3.83. The van der Waals surface area contributed by atoms with Gasteiger partial charge in [-0.1, -0.05) is 45.7 Å². The number of hydrogen-bond acceptors (Lipinski definition) is 3. The summed E-state index contributed by atoms with van der Waals surface area (Å²) in [5, 5.41) is 13.6. The zero-order valence-electron chi connectivity index (χ0n) is 13.2. The van der Waals surface area contributed by atoms with Crippen molar-refractivity contribution < 1.29 is 5.11 Å². The SMILES string of the molecule is CCCC(CCC)CNc1cccc(C(N)(O)CC)c1. The second-order valence-electron chi connectivity index (χ2n) is 5.68. The summed E-state index contributed by atoms with van der Waals surface area (Å²) in [6.07, 6.45) is 5.48. The van der Waals surface area contributed by atoms with Gasteiger partial charge in [-0.25, -0.2) is 0 Å². The monoisotopic (exact) mass is 278 g/mol. The molecule has 1 aromatic rings. The van der Waals surface area contributed by atoms with E-state index in [4.69, 9.17) is 5.73 Å². The highest BCUT2D eigenvalue weighted by Gasteiger charge is 2.21. The quantitative estimate of drug-likeness (QED) is 0.602. The predicted molar refractivity (Wildman–Crippen MR) is 86.6 cm³/mol. The Hall–Kier alpha value is -1.06. The maximum absolute atomic E-state index is 10.1. The van der Waals surface area contributed by atoms with Crippen LogP contribution in [-0.4, -0.2) is 11.7 Å². The molecule has 0 radical (unpaired) electrons. The van der Waals surface area contributed by atoms with E-state index in [-0.39, 0.29) is 0 Å². The molecule has 0 heterocycles. The molecule has 0 aromatic heterocycles. The number of rotatable bonds is 9. The second-order valence-corrected chi connectivity index (χ2v) is 5.68. The second kappa shape index (κ2) is 8.28. The minimum atomic E-state index is -1.23. The zero-order chi connectivity index (χ0) is 15.0. The van der Waals surface area contributed by atoms with Gasteiger partial charge in [0.15, 0.2) is 0 Å². The van der Waals surface area contributed by atoms with Crippen molar-refractivity contribution in [2.24, 2.45) is 11.7 Å². The Morgan fingerprint density at radius 1 is 1.20 bits per heavy atom. The first-order valence-corrected chi connectivity index (χ1v) is 7.89. The average Bonchev–Trinajstić information content (AvgIpc) is 2.45. The third-order valence-electron chi connectivity index (χ3n) is 3.89. The molecule has 0 bridgehead atoms. The van der Waals surface area contributed by atoms with Crippen molar-refractivity contribution in [2.75, 3.05) is 11.9 Å². The van der Waals surface area contributed by atoms with Crippen LogP contribution in [0.15, 0.2) is 24.3 Å². The summed E-state index contributed by atoms with van der Waals surface area (Å²) in [5.41, 5.74) is 6.46. The average molecular weight is 278 g/mol. The van der Waals surface area contributed by atoms with Crippen LogP contribution in [0, 0.1) is 5.92 Å². The standard InChI is InChI=1S/C17H30N2O/c1-4-8-14(9-5-2)13-19-16-11-7-10-15(12-16)17(18,20)6-3/h7,10-12,14,19-20H,4-6,8-9,13,18H2,1-3H3. The molecule has 1 atom stereocenters. The first-order chi connectivity index (χ1) is 9.53. The third-order valence-corrected chi connectivity index (χ3v) is 3.89. The Balaban J connectivity index is 2.66. The topological polar surface area (TPSA) is 58.3 Å². The molecule has 3 heteroatoms. The van der Waals surface area contributed by atoms with E-state index in [1.54, 1.807) is 0 Å². The van der Waals surface area contributed by atoms with Gasteiger partial charge >= 0.3 is 0 Å². The van der Waals surface area contributed by atoms with Gasteiger partial charge in [0.25, 0.3) is 0 Å². The number of nitrogens with one attached hydrogen (secondary N) is 1. The van der Waals surface area contributed by atoms with E-state index in [9.17, 15) is 5.11 Å². The highest BCUT2D eigenvalue weighted by molar-refractivity contribution is 5.47. The molecule has 0 amide bonds. The van der Waals surface area contributed by atoms with E-state index < -0.39 is 5.72 Å². The Morgan fingerprint density at radius 3 is 2.40 bits per heavy atom. The first kappa shape index (κ1) is 17.0. The molecule has 0 aliphatic rings. The lowest BCUT2D eigenvalue weighted by molar-refractivity contribution is 0.0395. The Kier molecular flexibility index (Phi) is 7.03. The van der Waals surface area contributed by atoms with Gasteiger partial charge < -0.3 is 10.4 Å². The van der Waals surface area contributed by atoms with Gasteiger partial charge in [-0.15, -0.1) is 0 Å². The number of hydrogen-bond donors (Lipinski definition) is 3. The largest absolute Gasteiger partial charge is 0.385 e. The Labute approximate surface area is 123 Å². The van der Waals surface area contributed by atoms with E-state index in [0.717, 1.165) is 23.7 Å². The number of anilines is 1. The van der Waals surface area contributed by atoms with Gasteiger partial charge in [-0.2, -0.15) is 0 Å². The van der Waals surface area contributed by atoms with Crippen molar-refractivity contribution in [2.45, 2.75) is 58.6 Å². The van der Waals surface area contributed by atoms with Crippen molar-refractivity contribution in [1.82, 2.24) is 0 Å². The Bertz CT molecular complexity index is 384. The van der Waals surface area contributed by atoms with E-state index in [0.29, 0.717) is 6.42 Å². The van der Waals surface area contributed by atoms with Gasteiger partial charge in [0.1, 0.15) is 5.72 Å². The molecule has 3 nitrogen and oxygen atoms in total. The molecule has 0 saturated carbocycles. The van der Waals surface area contributed by atoms with Gasteiger partial charge in [-0.05, 0) is 37.3 Å². The Morgan fingerprint density at radius 2 is 1.85 bits per heavy atom. The summed E-state index contributed by atoms with van der Waals surface area (Å²) in [6, 6.07) is 7.81. The number of benzene rings is 1. The molecule has 4 N–H and O–H groups in total. The maximum Gasteiger partial charge on any atom is 0.139 e. The van der Waals surface area contributed by atoms with Crippen LogP contribution in [-0.2, 0) is 5.72 Å². The summed E-state index contributed by atoms with van der Waals surface area (Å²) in [4.78, 5) is 0. The fourth-order valence-electron chi connectivity index (χ4n) is 2.53. The van der Waals surface area contributed by atoms with Crippen molar-refractivity contribution in [3.63, 3.8) is 0 Å². The molecule has 0 fully saturated rings. The minimum Gasteiger partial charge on any atom is -0.385 e. The van der Waals surface area contributed by atoms with Crippen LogP contribution in [0.4, 0.5) is 5.69 Å². The summed E-state index contributed by atoms with van der Waals surface area (Å²) >= 11 is 0. The summed E-state index contributed by atoms with van der Waals surface area (Å²) in [6.45, 7) is 7.34. The molecule has 20 heavy (non-hydrogen) atoms. The van der Waals surface area contributed by atoms with E-state index >= 15 is 0 Å². The molecule has 1 unspecified atom stereocenters. The van der Waals surface area contributed by atoms with E-state index in [2.05, 4.69) is 19.2 Å². The molecule has 0 aliphatic carbocycles. The van der Waals surface area contributed by atoms with Crippen LogP contribution in [0.1, 0.15) is 58.4 Å². The fourth-order valence-corrected chi connectivity index (χ4v) is 2.53. The lowest BCUT2D eigenvalue weighted by Crippen LogP contribution is -2.35. The smallest absolute Gasteiger partial charge is 0.139 e. The summed E-state index contributed by atoms with van der Waals surface area (Å²) in [7, 11) is 0. The molecule has 1 aromatic carbocycles. The van der Waals surface area contributed by atoms with Gasteiger partial charge in [-0.3, -0.25) is 5.73 Å². The van der Waals surface area contributed by atoms with E-state index in [1.807, 2.05) is 31.2 Å². The normalized spacial score (nSPS) is 14.3. The fraction of sp³-hybridized carbons (Fsp3) is 0.647. The van der Waals surface area contributed by atoms with Crippen LogP contribution < -0.4 is 11.1 Å².